The molecule has 1 aromatic rings. The minimum atomic E-state index is -0.206. The molecule has 1 aliphatic heterocycles. The van der Waals surface area contributed by atoms with E-state index in [-0.39, 0.29) is 11.9 Å². The standard InChI is InChI=1S/C15H23FN2O/c1-3-5-13(18-10-8-17-9-11-18)12-6-4-7-14(19-2)15(12)16/h4,6-7,13,17H,3,5,8-11H2,1-2H3/t13-/m1/s1. The molecule has 3 nitrogen and oxygen atoms in total. The monoisotopic (exact) mass is 266 g/mol. The van der Waals surface area contributed by atoms with E-state index in [0.29, 0.717) is 5.75 Å². The van der Waals surface area contributed by atoms with Gasteiger partial charge in [-0.05, 0) is 12.5 Å². The molecule has 2 rings (SSSR count). The van der Waals surface area contributed by atoms with Crippen LogP contribution in [0.1, 0.15) is 31.4 Å². The summed E-state index contributed by atoms with van der Waals surface area (Å²) in [6.45, 7) is 6.05. The van der Waals surface area contributed by atoms with Gasteiger partial charge in [-0.15, -0.1) is 0 Å². The molecule has 0 bridgehead atoms. The Kier molecular flexibility index (Phi) is 5.16. The molecule has 0 aromatic heterocycles. The highest BCUT2D eigenvalue weighted by molar-refractivity contribution is 5.33. The lowest BCUT2D eigenvalue weighted by atomic mass is 9.99. The molecule has 1 N–H and O–H groups in total. The summed E-state index contributed by atoms with van der Waals surface area (Å²) in [7, 11) is 1.52. The van der Waals surface area contributed by atoms with Gasteiger partial charge in [0, 0.05) is 37.8 Å². The predicted octanol–water partition coefficient (Wildman–Crippen LogP) is 2.58. The largest absolute Gasteiger partial charge is 0.494 e. The first kappa shape index (κ1) is 14.3. The molecule has 0 saturated carbocycles. The van der Waals surface area contributed by atoms with Gasteiger partial charge >= 0.3 is 0 Å². The fourth-order valence-electron chi connectivity index (χ4n) is 2.74. The molecular formula is C15H23FN2O. The fourth-order valence-corrected chi connectivity index (χ4v) is 2.74. The van der Waals surface area contributed by atoms with Crippen LogP contribution >= 0.6 is 0 Å². The van der Waals surface area contributed by atoms with Gasteiger partial charge in [0.2, 0.25) is 0 Å². The van der Waals surface area contributed by atoms with Crippen LogP contribution in [-0.4, -0.2) is 38.2 Å². The molecule has 1 heterocycles. The van der Waals surface area contributed by atoms with Crippen molar-refractivity contribution in [1.82, 2.24) is 10.2 Å². The average molecular weight is 266 g/mol. The van der Waals surface area contributed by atoms with Crippen molar-refractivity contribution < 1.29 is 9.13 Å². The number of rotatable bonds is 5. The average Bonchev–Trinajstić information content (AvgIpc) is 2.46. The van der Waals surface area contributed by atoms with Crippen molar-refractivity contribution in [1.29, 1.82) is 0 Å². The number of nitrogens with zero attached hydrogens (tertiary/aromatic N) is 1. The van der Waals surface area contributed by atoms with Crippen LogP contribution in [0.4, 0.5) is 4.39 Å². The molecule has 0 amide bonds. The number of hydrogen-bond acceptors (Lipinski definition) is 3. The summed E-state index contributed by atoms with van der Waals surface area (Å²) < 4.78 is 19.5. The maximum atomic E-state index is 14.4. The van der Waals surface area contributed by atoms with Crippen LogP contribution in [0.15, 0.2) is 18.2 Å². The number of nitrogens with one attached hydrogen (secondary N) is 1. The van der Waals surface area contributed by atoms with Gasteiger partial charge in [0.25, 0.3) is 0 Å². The van der Waals surface area contributed by atoms with E-state index in [2.05, 4.69) is 17.1 Å². The second-order valence-corrected chi connectivity index (χ2v) is 4.95. The van der Waals surface area contributed by atoms with Crippen LogP contribution in [0, 0.1) is 5.82 Å². The SMILES string of the molecule is CCC[C@H](c1cccc(OC)c1F)N1CCNCC1. The molecule has 1 aliphatic rings. The van der Waals surface area contributed by atoms with E-state index in [1.54, 1.807) is 6.07 Å². The molecule has 4 heteroatoms. The van der Waals surface area contributed by atoms with Crippen molar-refractivity contribution in [3.05, 3.63) is 29.6 Å². The molecule has 0 radical (unpaired) electrons. The Morgan fingerprint density at radius 3 is 2.74 bits per heavy atom. The third-order valence-electron chi connectivity index (χ3n) is 3.73. The highest BCUT2D eigenvalue weighted by atomic mass is 19.1. The minimum Gasteiger partial charge on any atom is -0.494 e. The molecule has 0 spiro atoms. The Hall–Kier alpha value is -1.13. The van der Waals surface area contributed by atoms with Crippen molar-refractivity contribution in [2.75, 3.05) is 33.3 Å². The second-order valence-electron chi connectivity index (χ2n) is 4.95. The normalized spacial score (nSPS) is 18.3. The van der Waals surface area contributed by atoms with Gasteiger partial charge in [0.05, 0.1) is 7.11 Å². The van der Waals surface area contributed by atoms with Crippen molar-refractivity contribution in [2.24, 2.45) is 0 Å². The van der Waals surface area contributed by atoms with Crippen LogP contribution in [0.5, 0.6) is 5.75 Å². The van der Waals surface area contributed by atoms with E-state index in [1.165, 1.54) is 7.11 Å². The lowest BCUT2D eigenvalue weighted by molar-refractivity contribution is 0.161. The summed E-state index contributed by atoms with van der Waals surface area (Å²) in [5.41, 5.74) is 0.767. The summed E-state index contributed by atoms with van der Waals surface area (Å²) in [4.78, 5) is 2.37. The van der Waals surface area contributed by atoms with Gasteiger partial charge < -0.3 is 10.1 Å². The third kappa shape index (κ3) is 3.25. The molecule has 1 aromatic carbocycles. The molecule has 1 fully saturated rings. The number of hydrogen-bond donors (Lipinski definition) is 1. The van der Waals surface area contributed by atoms with Crippen LogP contribution in [0.2, 0.25) is 0 Å². The smallest absolute Gasteiger partial charge is 0.169 e. The molecule has 0 unspecified atom stereocenters. The van der Waals surface area contributed by atoms with Gasteiger partial charge in [0.15, 0.2) is 11.6 Å². The highest BCUT2D eigenvalue weighted by Gasteiger charge is 2.25. The number of halogens is 1. The molecule has 1 saturated heterocycles. The number of piperazine rings is 1. The molecular weight excluding hydrogens is 243 g/mol. The quantitative estimate of drug-likeness (QED) is 0.886. The Morgan fingerprint density at radius 1 is 1.37 bits per heavy atom. The molecule has 19 heavy (non-hydrogen) atoms. The maximum Gasteiger partial charge on any atom is 0.169 e. The topological polar surface area (TPSA) is 24.5 Å². The van der Waals surface area contributed by atoms with Gasteiger partial charge in [-0.25, -0.2) is 4.39 Å². The molecule has 1 atom stereocenters. The highest BCUT2D eigenvalue weighted by Crippen LogP contribution is 2.31. The Balaban J connectivity index is 2.27. The first-order chi connectivity index (χ1) is 9.27. The zero-order valence-corrected chi connectivity index (χ0v) is 11.8. The maximum absolute atomic E-state index is 14.4. The summed E-state index contributed by atoms with van der Waals surface area (Å²) >= 11 is 0. The minimum absolute atomic E-state index is 0.155. The van der Waals surface area contributed by atoms with Gasteiger partial charge in [-0.2, -0.15) is 0 Å². The summed E-state index contributed by atoms with van der Waals surface area (Å²) in [6.07, 6.45) is 2.02. The zero-order chi connectivity index (χ0) is 13.7. The van der Waals surface area contributed by atoms with E-state index in [9.17, 15) is 4.39 Å². The van der Waals surface area contributed by atoms with Crippen LogP contribution < -0.4 is 10.1 Å². The number of ether oxygens (including phenoxy) is 1. The van der Waals surface area contributed by atoms with Crippen LogP contribution in [0.3, 0.4) is 0 Å². The van der Waals surface area contributed by atoms with Crippen LogP contribution in [0.25, 0.3) is 0 Å². The molecule has 0 aliphatic carbocycles. The van der Waals surface area contributed by atoms with E-state index in [1.807, 2.05) is 12.1 Å². The van der Waals surface area contributed by atoms with Gasteiger partial charge in [-0.1, -0.05) is 25.5 Å². The number of benzene rings is 1. The fraction of sp³-hybridized carbons (Fsp3) is 0.600. The van der Waals surface area contributed by atoms with Crippen LogP contribution in [-0.2, 0) is 0 Å². The first-order valence-electron chi connectivity index (χ1n) is 7.05. The van der Waals surface area contributed by atoms with E-state index in [0.717, 1.165) is 44.6 Å². The summed E-state index contributed by atoms with van der Waals surface area (Å²) in [6, 6.07) is 5.60. The zero-order valence-electron chi connectivity index (χ0n) is 11.8. The lowest BCUT2D eigenvalue weighted by Gasteiger charge is -2.35. The van der Waals surface area contributed by atoms with E-state index in [4.69, 9.17) is 4.74 Å². The molecule has 106 valence electrons. The second kappa shape index (κ2) is 6.87. The van der Waals surface area contributed by atoms with Crippen molar-refractivity contribution in [3.63, 3.8) is 0 Å². The predicted molar refractivity (Wildman–Crippen MR) is 75.0 cm³/mol. The van der Waals surface area contributed by atoms with Crippen molar-refractivity contribution in [3.8, 4) is 5.75 Å². The van der Waals surface area contributed by atoms with Crippen molar-refractivity contribution in [2.45, 2.75) is 25.8 Å². The Morgan fingerprint density at radius 2 is 2.11 bits per heavy atom. The van der Waals surface area contributed by atoms with Gasteiger partial charge in [-0.3, -0.25) is 4.90 Å². The summed E-state index contributed by atoms with van der Waals surface area (Å²) in [5.74, 6) is 0.135. The third-order valence-corrected chi connectivity index (χ3v) is 3.73. The van der Waals surface area contributed by atoms with E-state index < -0.39 is 0 Å². The Labute approximate surface area is 114 Å². The van der Waals surface area contributed by atoms with Gasteiger partial charge in [0.1, 0.15) is 0 Å². The van der Waals surface area contributed by atoms with Crippen molar-refractivity contribution >= 4 is 0 Å². The summed E-state index contributed by atoms with van der Waals surface area (Å²) in [5, 5.41) is 3.34. The lowest BCUT2D eigenvalue weighted by Crippen LogP contribution is -2.45. The van der Waals surface area contributed by atoms with E-state index >= 15 is 0 Å². The first-order valence-corrected chi connectivity index (χ1v) is 7.05. The Bertz CT molecular complexity index is 405. The number of methoxy groups -OCH3 is 1.